The number of hydrogen-bond donors (Lipinski definition) is 2. The molecular weight excluding hydrogens is 462 g/mol. The first-order valence-corrected chi connectivity index (χ1v) is 12.7. The average molecular weight is 506 g/mol. The molecule has 0 aliphatic heterocycles. The van der Waals surface area contributed by atoms with Crippen LogP contribution in [0.25, 0.3) is 0 Å². The SMILES string of the molecule is CCCCCN(C(=O)CNC(=O)OC(C)(C)C)C(C(=O)NCCC(=O)OCC)c1cc(C)cc(C)c1. The van der Waals surface area contributed by atoms with Gasteiger partial charge in [-0.2, -0.15) is 0 Å². The topological polar surface area (TPSA) is 114 Å². The van der Waals surface area contributed by atoms with Gasteiger partial charge in [0.15, 0.2) is 0 Å². The highest BCUT2D eigenvalue weighted by Gasteiger charge is 2.32. The van der Waals surface area contributed by atoms with Crippen LogP contribution in [0.15, 0.2) is 18.2 Å². The molecule has 0 spiro atoms. The molecule has 36 heavy (non-hydrogen) atoms. The Morgan fingerprint density at radius 2 is 1.61 bits per heavy atom. The zero-order valence-corrected chi connectivity index (χ0v) is 22.9. The van der Waals surface area contributed by atoms with Gasteiger partial charge in [-0.3, -0.25) is 14.4 Å². The number of esters is 1. The minimum Gasteiger partial charge on any atom is -0.466 e. The van der Waals surface area contributed by atoms with Gasteiger partial charge in [0.05, 0.1) is 13.0 Å². The highest BCUT2D eigenvalue weighted by Crippen LogP contribution is 2.25. The lowest BCUT2D eigenvalue weighted by atomic mass is 9.98. The van der Waals surface area contributed by atoms with Crippen LogP contribution in [-0.2, 0) is 23.9 Å². The molecule has 0 saturated carbocycles. The standard InChI is InChI=1S/C27H43N3O6/c1-8-10-11-14-30(22(31)18-29-26(34)36-27(5,6)7)24(21-16-19(3)15-20(4)17-21)25(33)28-13-12-23(32)35-9-2/h15-17,24H,8-14,18H2,1-7H3,(H,28,33)(H,29,34). The van der Waals surface area contributed by atoms with Gasteiger partial charge in [-0.25, -0.2) is 4.79 Å². The second-order valence-electron chi connectivity index (χ2n) is 9.82. The molecule has 1 atom stereocenters. The zero-order valence-electron chi connectivity index (χ0n) is 22.9. The lowest BCUT2D eigenvalue weighted by molar-refractivity contribution is -0.143. The Kier molecular flexibility index (Phi) is 13.0. The number of alkyl carbamates (subject to hydrolysis) is 1. The van der Waals surface area contributed by atoms with Crippen molar-refractivity contribution in [2.45, 2.75) is 85.8 Å². The van der Waals surface area contributed by atoms with Crippen molar-refractivity contribution in [2.24, 2.45) is 0 Å². The van der Waals surface area contributed by atoms with E-state index in [2.05, 4.69) is 17.6 Å². The van der Waals surface area contributed by atoms with Crippen LogP contribution in [0.5, 0.6) is 0 Å². The summed E-state index contributed by atoms with van der Waals surface area (Å²) in [6.45, 7) is 13.2. The number of ether oxygens (including phenoxy) is 2. The van der Waals surface area contributed by atoms with Crippen molar-refractivity contribution in [3.05, 3.63) is 34.9 Å². The Morgan fingerprint density at radius 1 is 0.972 bits per heavy atom. The van der Waals surface area contributed by atoms with Crippen molar-refractivity contribution in [3.8, 4) is 0 Å². The number of hydrogen-bond acceptors (Lipinski definition) is 6. The van der Waals surface area contributed by atoms with E-state index in [9.17, 15) is 19.2 Å². The number of nitrogens with zero attached hydrogens (tertiary/aromatic N) is 1. The van der Waals surface area contributed by atoms with Gasteiger partial charge in [-0.15, -0.1) is 0 Å². The van der Waals surface area contributed by atoms with Crippen molar-refractivity contribution in [1.29, 1.82) is 0 Å². The fourth-order valence-electron chi connectivity index (χ4n) is 3.75. The fourth-order valence-corrected chi connectivity index (χ4v) is 3.75. The van der Waals surface area contributed by atoms with Crippen molar-refractivity contribution in [1.82, 2.24) is 15.5 Å². The predicted octanol–water partition coefficient (Wildman–Crippen LogP) is 3.96. The Hall–Kier alpha value is -3.10. The molecule has 0 bridgehead atoms. The second kappa shape index (κ2) is 15.1. The highest BCUT2D eigenvalue weighted by atomic mass is 16.6. The maximum atomic E-state index is 13.4. The summed E-state index contributed by atoms with van der Waals surface area (Å²) < 4.78 is 10.2. The maximum absolute atomic E-state index is 13.4. The first-order valence-electron chi connectivity index (χ1n) is 12.7. The first kappa shape index (κ1) is 30.9. The summed E-state index contributed by atoms with van der Waals surface area (Å²) in [5.41, 5.74) is 1.89. The molecule has 9 heteroatoms. The van der Waals surface area contributed by atoms with Crippen LogP contribution in [0.4, 0.5) is 4.79 Å². The molecule has 0 saturated heterocycles. The molecule has 1 unspecified atom stereocenters. The molecule has 0 aliphatic rings. The predicted molar refractivity (Wildman–Crippen MR) is 138 cm³/mol. The van der Waals surface area contributed by atoms with Crippen LogP contribution >= 0.6 is 0 Å². The Morgan fingerprint density at radius 3 is 2.17 bits per heavy atom. The summed E-state index contributed by atoms with van der Waals surface area (Å²) >= 11 is 0. The van der Waals surface area contributed by atoms with E-state index in [4.69, 9.17) is 9.47 Å². The second-order valence-corrected chi connectivity index (χ2v) is 9.82. The van der Waals surface area contributed by atoms with Gasteiger partial charge >= 0.3 is 12.1 Å². The summed E-state index contributed by atoms with van der Waals surface area (Å²) in [5.74, 6) is -1.20. The average Bonchev–Trinajstić information content (AvgIpc) is 2.75. The molecule has 1 aromatic rings. The number of rotatable bonds is 13. The van der Waals surface area contributed by atoms with Crippen molar-refractivity contribution in [2.75, 3.05) is 26.2 Å². The molecule has 3 amide bonds. The lowest BCUT2D eigenvalue weighted by Crippen LogP contribution is -2.48. The largest absolute Gasteiger partial charge is 0.466 e. The number of amides is 3. The Bertz CT molecular complexity index is 874. The summed E-state index contributed by atoms with van der Waals surface area (Å²) in [5, 5.41) is 5.29. The van der Waals surface area contributed by atoms with E-state index < -0.39 is 35.5 Å². The van der Waals surface area contributed by atoms with Gasteiger partial charge in [-0.1, -0.05) is 49.1 Å². The van der Waals surface area contributed by atoms with Gasteiger partial charge < -0.3 is 25.0 Å². The third-order valence-electron chi connectivity index (χ3n) is 5.16. The van der Waals surface area contributed by atoms with Crippen molar-refractivity contribution < 1.29 is 28.7 Å². The minimum absolute atomic E-state index is 0.0309. The van der Waals surface area contributed by atoms with Crippen LogP contribution in [0, 0.1) is 13.8 Å². The third kappa shape index (κ3) is 11.6. The van der Waals surface area contributed by atoms with Gasteiger partial charge in [0.1, 0.15) is 18.2 Å². The number of aryl methyl sites for hydroxylation is 2. The quantitative estimate of drug-likeness (QED) is 0.310. The van der Waals surface area contributed by atoms with E-state index in [0.29, 0.717) is 18.5 Å². The fraction of sp³-hybridized carbons (Fsp3) is 0.630. The molecule has 9 nitrogen and oxygen atoms in total. The van der Waals surface area contributed by atoms with Crippen molar-refractivity contribution in [3.63, 3.8) is 0 Å². The van der Waals surface area contributed by atoms with Crippen LogP contribution < -0.4 is 10.6 Å². The van der Waals surface area contributed by atoms with Gasteiger partial charge in [0.2, 0.25) is 11.8 Å². The Labute approximate surface area is 215 Å². The summed E-state index contributed by atoms with van der Waals surface area (Å²) in [4.78, 5) is 52.2. The summed E-state index contributed by atoms with van der Waals surface area (Å²) in [6.07, 6.45) is 1.85. The van der Waals surface area contributed by atoms with E-state index in [1.165, 1.54) is 4.90 Å². The Balaban J connectivity index is 3.21. The summed E-state index contributed by atoms with van der Waals surface area (Å²) in [6, 6.07) is 4.83. The molecule has 0 fully saturated rings. The van der Waals surface area contributed by atoms with Crippen molar-refractivity contribution >= 4 is 23.9 Å². The van der Waals surface area contributed by atoms with Gasteiger partial charge in [0, 0.05) is 13.1 Å². The number of nitrogens with one attached hydrogen (secondary N) is 2. The van der Waals surface area contributed by atoms with E-state index in [-0.39, 0.29) is 26.1 Å². The first-order chi connectivity index (χ1) is 16.9. The lowest BCUT2D eigenvalue weighted by Gasteiger charge is -2.32. The molecular formula is C27H43N3O6. The molecule has 0 heterocycles. The van der Waals surface area contributed by atoms with Crippen LogP contribution in [0.1, 0.15) is 83.0 Å². The van der Waals surface area contributed by atoms with E-state index in [0.717, 1.165) is 24.0 Å². The van der Waals surface area contributed by atoms with Crippen LogP contribution in [0.2, 0.25) is 0 Å². The van der Waals surface area contributed by atoms with Crippen LogP contribution in [-0.4, -0.2) is 60.6 Å². The molecule has 0 aliphatic carbocycles. The molecule has 1 aromatic carbocycles. The molecule has 202 valence electrons. The normalized spacial score (nSPS) is 11.9. The smallest absolute Gasteiger partial charge is 0.408 e. The number of carbonyl (C=O) groups is 4. The van der Waals surface area contributed by atoms with Gasteiger partial charge in [-0.05, 0) is 53.5 Å². The van der Waals surface area contributed by atoms with E-state index >= 15 is 0 Å². The molecule has 0 aromatic heterocycles. The monoisotopic (exact) mass is 505 g/mol. The number of carbonyl (C=O) groups excluding carboxylic acids is 4. The number of benzene rings is 1. The van der Waals surface area contributed by atoms with Crippen LogP contribution in [0.3, 0.4) is 0 Å². The maximum Gasteiger partial charge on any atom is 0.408 e. The molecule has 0 radical (unpaired) electrons. The van der Waals surface area contributed by atoms with E-state index in [1.54, 1.807) is 27.7 Å². The third-order valence-corrected chi connectivity index (χ3v) is 5.16. The minimum atomic E-state index is -0.921. The van der Waals surface area contributed by atoms with E-state index in [1.807, 2.05) is 32.0 Å². The molecule has 2 N–H and O–H groups in total. The zero-order chi connectivity index (χ0) is 27.3. The summed E-state index contributed by atoms with van der Waals surface area (Å²) in [7, 11) is 0. The molecule has 1 rings (SSSR count). The number of unbranched alkanes of at least 4 members (excludes halogenated alkanes) is 2. The van der Waals surface area contributed by atoms with Gasteiger partial charge in [0.25, 0.3) is 0 Å². The highest BCUT2D eigenvalue weighted by molar-refractivity contribution is 5.90.